The van der Waals surface area contributed by atoms with Crippen molar-refractivity contribution in [3.05, 3.63) is 34.6 Å². The number of benzene rings is 1. The molecule has 1 heterocycles. The van der Waals surface area contributed by atoms with Crippen LogP contribution in [0.3, 0.4) is 0 Å². The number of Topliss-reactive ketones (excluding diaryl/α,β-unsaturated/α-hetero) is 1. The predicted molar refractivity (Wildman–Crippen MR) is 61.2 cm³/mol. The zero-order valence-corrected chi connectivity index (χ0v) is 9.64. The van der Waals surface area contributed by atoms with E-state index in [1.54, 1.807) is 6.92 Å². The Balaban J connectivity index is 2.35. The lowest BCUT2D eigenvalue weighted by atomic mass is 9.92. The Hall–Kier alpha value is -1.22. The summed E-state index contributed by atoms with van der Waals surface area (Å²) in [5, 5.41) is 3.13. The zero-order chi connectivity index (χ0) is 11.7. The van der Waals surface area contributed by atoms with Crippen LogP contribution in [-0.4, -0.2) is 18.9 Å². The highest BCUT2D eigenvalue weighted by atomic mass is 19.1. The highest BCUT2D eigenvalue weighted by molar-refractivity contribution is 5.99. The maximum Gasteiger partial charge on any atom is 0.170 e. The van der Waals surface area contributed by atoms with Crippen molar-refractivity contribution in [3.63, 3.8) is 0 Å². The number of carbonyl (C=O) groups is 1. The molecule has 0 spiro atoms. The number of carbonyl (C=O) groups excluding carboxylic acids is 1. The maximum absolute atomic E-state index is 13.8. The lowest BCUT2D eigenvalue weighted by Crippen LogP contribution is -2.20. The summed E-state index contributed by atoms with van der Waals surface area (Å²) in [5.74, 6) is -0.495. The van der Waals surface area contributed by atoms with Gasteiger partial charge in [0.1, 0.15) is 5.82 Å². The van der Waals surface area contributed by atoms with E-state index in [0.29, 0.717) is 6.54 Å². The highest BCUT2D eigenvalue weighted by Crippen LogP contribution is 2.22. The van der Waals surface area contributed by atoms with Gasteiger partial charge in [0.15, 0.2) is 5.78 Å². The molecule has 0 aromatic heterocycles. The van der Waals surface area contributed by atoms with Crippen molar-refractivity contribution in [3.8, 4) is 0 Å². The van der Waals surface area contributed by atoms with Gasteiger partial charge in [0, 0.05) is 12.5 Å². The fourth-order valence-electron chi connectivity index (χ4n) is 2.31. The molecule has 0 saturated carbocycles. The molecule has 2 nitrogen and oxygen atoms in total. The number of nitrogens with one attached hydrogen (secondary N) is 1. The first-order valence-corrected chi connectivity index (χ1v) is 5.61. The fourth-order valence-corrected chi connectivity index (χ4v) is 2.31. The second kappa shape index (κ2) is 4.34. The molecule has 1 aromatic carbocycles. The summed E-state index contributed by atoms with van der Waals surface area (Å²) < 4.78 is 13.8. The van der Waals surface area contributed by atoms with Gasteiger partial charge in [-0.15, -0.1) is 0 Å². The second-order valence-corrected chi connectivity index (χ2v) is 4.49. The van der Waals surface area contributed by atoms with E-state index in [4.69, 9.17) is 0 Å². The lowest BCUT2D eigenvalue weighted by molar-refractivity contribution is 0.0925. The smallest absolute Gasteiger partial charge is 0.170 e. The molecule has 0 bridgehead atoms. The van der Waals surface area contributed by atoms with Gasteiger partial charge in [-0.1, -0.05) is 6.07 Å². The summed E-state index contributed by atoms with van der Waals surface area (Å²) in [6.45, 7) is 5.15. The highest BCUT2D eigenvalue weighted by Gasteiger charge is 2.26. The van der Waals surface area contributed by atoms with E-state index in [0.717, 1.165) is 24.1 Å². The monoisotopic (exact) mass is 221 g/mol. The third-order valence-corrected chi connectivity index (χ3v) is 3.11. The Morgan fingerprint density at radius 2 is 2.19 bits per heavy atom. The SMILES string of the molecule is Cc1cc(C)c(C(=O)C2CCNC2)c(F)c1. The van der Waals surface area contributed by atoms with Crippen LogP contribution in [0.25, 0.3) is 0 Å². The van der Waals surface area contributed by atoms with Gasteiger partial charge in [-0.3, -0.25) is 4.79 Å². The topological polar surface area (TPSA) is 29.1 Å². The van der Waals surface area contributed by atoms with Crippen LogP contribution in [0.4, 0.5) is 4.39 Å². The first-order chi connectivity index (χ1) is 7.59. The van der Waals surface area contributed by atoms with E-state index < -0.39 is 0 Å². The van der Waals surface area contributed by atoms with Crippen LogP contribution < -0.4 is 5.32 Å². The van der Waals surface area contributed by atoms with Gasteiger partial charge >= 0.3 is 0 Å². The number of hydrogen-bond donors (Lipinski definition) is 1. The Bertz CT molecular complexity index is 399. The van der Waals surface area contributed by atoms with Crippen LogP contribution in [0.2, 0.25) is 0 Å². The van der Waals surface area contributed by atoms with Gasteiger partial charge in [-0.25, -0.2) is 4.39 Å². The number of halogens is 1. The molecule has 1 saturated heterocycles. The van der Waals surface area contributed by atoms with E-state index in [2.05, 4.69) is 5.32 Å². The molecule has 1 fully saturated rings. The Morgan fingerprint density at radius 1 is 1.44 bits per heavy atom. The normalized spacial score (nSPS) is 20.1. The minimum absolute atomic E-state index is 0.0556. The van der Waals surface area contributed by atoms with Crippen LogP contribution in [0, 0.1) is 25.6 Å². The molecule has 16 heavy (non-hydrogen) atoms. The standard InChI is InChI=1S/C13H16FNO/c1-8-5-9(2)12(11(14)6-8)13(16)10-3-4-15-7-10/h5-6,10,15H,3-4,7H2,1-2H3. The van der Waals surface area contributed by atoms with Crippen molar-refractivity contribution in [1.82, 2.24) is 5.32 Å². The zero-order valence-electron chi connectivity index (χ0n) is 9.64. The Kier molecular flexibility index (Phi) is 3.06. The van der Waals surface area contributed by atoms with Gasteiger partial charge in [-0.2, -0.15) is 0 Å². The van der Waals surface area contributed by atoms with E-state index in [1.807, 2.05) is 13.0 Å². The first kappa shape index (κ1) is 11.3. The fraction of sp³-hybridized carbons (Fsp3) is 0.462. The summed E-state index contributed by atoms with van der Waals surface area (Å²) >= 11 is 0. The summed E-state index contributed by atoms with van der Waals surface area (Å²) in [5.41, 5.74) is 1.88. The maximum atomic E-state index is 13.8. The van der Waals surface area contributed by atoms with Crippen molar-refractivity contribution in [2.75, 3.05) is 13.1 Å². The summed E-state index contributed by atoms with van der Waals surface area (Å²) in [7, 11) is 0. The van der Waals surface area contributed by atoms with Gasteiger partial charge in [0.05, 0.1) is 5.56 Å². The Labute approximate surface area is 94.9 Å². The van der Waals surface area contributed by atoms with Gasteiger partial charge in [0.25, 0.3) is 0 Å². The van der Waals surface area contributed by atoms with Crippen LogP contribution in [-0.2, 0) is 0 Å². The molecular weight excluding hydrogens is 205 g/mol. The second-order valence-electron chi connectivity index (χ2n) is 4.49. The van der Waals surface area contributed by atoms with Gasteiger partial charge in [-0.05, 0) is 44.0 Å². The van der Waals surface area contributed by atoms with Crippen molar-refractivity contribution < 1.29 is 9.18 Å². The molecule has 1 atom stereocenters. The molecule has 0 radical (unpaired) electrons. The number of aryl methyl sites for hydroxylation is 2. The molecule has 1 aliphatic rings. The molecular formula is C13H16FNO. The van der Waals surface area contributed by atoms with Crippen molar-refractivity contribution >= 4 is 5.78 Å². The number of rotatable bonds is 2. The molecule has 0 amide bonds. The van der Waals surface area contributed by atoms with Crippen molar-refractivity contribution in [1.29, 1.82) is 0 Å². The van der Waals surface area contributed by atoms with Crippen molar-refractivity contribution in [2.45, 2.75) is 20.3 Å². The molecule has 1 aromatic rings. The van der Waals surface area contributed by atoms with E-state index in [9.17, 15) is 9.18 Å². The summed E-state index contributed by atoms with van der Waals surface area (Å²) in [6, 6.07) is 3.29. The third kappa shape index (κ3) is 2.00. The third-order valence-electron chi connectivity index (χ3n) is 3.11. The quantitative estimate of drug-likeness (QED) is 0.776. The minimum atomic E-state index is -0.380. The van der Waals surface area contributed by atoms with E-state index in [1.165, 1.54) is 6.07 Å². The summed E-state index contributed by atoms with van der Waals surface area (Å²) in [6.07, 6.45) is 0.811. The van der Waals surface area contributed by atoms with Crippen LogP contribution in [0.5, 0.6) is 0 Å². The van der Waals surface area contributed by atoms with Crippen LogP contribution in [0.15, 0.2) is 12.1 Å². The predicted octanol–water partition coefficient (Wildman–Crippen LogP) is 2.23. The van der Waals surface area contributed by atoms with Crippen molar-refractivity contribution in [2.24, 2.45) is 5.92 Å². The Morgan fingerprint density at radius 3 is 2.75 bits per heavy atom. The van der Waals surface area contributed by atoms with E-state index >= 15 is 0 Å². The number of hydrogen-bond acceptors (Lipinski definition) is 2. The minimum Gasteiger partial charge on any atom is -0.316 e. The average molecular weight is 221 g/mol. The lowest BCUT2D eigenvalue weighted by Gasteiger charge is -2.11. The average Bonchev–Trinajstić information content (AvgIpc) is 2.67. The van der Waals surface area contributed by atoms with Gasteiger partial charge < -0.3 is 5.32 Å². The molecule has 1 N–H and O–H groups in total. The molecule has 2 rings (SSSR count). The molecule has 1 unspecified atom stereocenters. The van der Waals surface area contributed by atoms with Gasteiger partial charge in [0.2, 0.25) is 0 Å². The summed E-state index contributed by atoms with van der Waals surface area (Å²) in [4.78, 5) is 12.1. The molecule has 0 aliphatic carbocycles. The molecule has 86 valence electrons. The first-order valence-electron chi connectivity index (χ1n) is 5.61. The van der Waals surface area contributed by atoms with Crippen LogP contribution in [0.1, 0.15) is 27.9 Å². The number of ketones is 1. The van der Waals surface area contributed by atoms with E-state index in [-0.39, 0.29) is 23.1 Å². The molecule has 1 aliphatic heterocycles. The molecule has 3 heteroatoms. The van der Waals surface area contributed by atoms with Crippen LogP contribution >= 0.6 is 0 Å². The largest absolute Gasteiger partial charge is 0.316 e.